The first-order chi connectivity index (χ1) is 16.1. The lowest BCUT2D eigenvalue weighted by Crippen LogP contribution is -2.18. The SMILES string of the molecule is CS(=O)(=O)O.CS(=O)(=O)O.Cc1c(Nc2ccccc2)nc(Nc2ccccc2)c(C(N)=O)c1C. The zero-order valence-electron chi connectivity index (χ0n) is 19.6. The Balaban J connectivity index is 0.000000519. The second kappa shape index (κ2) is 12.8. The molecule has 0 saturated heterocycles. The van der Waals surface area contributed by atoms with Gasteiger partial charge in [0.15, 0.2) is 0 Å². The van der Waals surface area contributed by atoms with E-state index in [0.717, 1.165) is 22.5 Å². The number of aromatic nitrogens is 1. The number of carbonyl (C=O) groups is 1. The van der Waals surface area contributed by atoms with Gasteiger partial charge >= 0.3 is 0 Å². The number of nitrogens with zero attached hydrogens (tertiary/aromatic N) is 1. The fraction of sp³-hybridized carbons (Fsp3) is 0.182. The van der Waals surface area contributed by atoms with Crippen LogP contribution in [-0.4, -0.2) is 49.3 Å². The molecule has 35 heavy (non-hydrogen) atoms. The van der Waals surface area contributed by atoms with Gasteiger partial charge in [-0.1, -0.05) is 36.4 Å². The van der Waals surface area contributed by atoms with Crippen LogP contribution in [0.2, 0.25) is 0 Å². The molecule has 1 amide bonds. The van der Waals surface area contributed by atoms with E-state index < -0.39 is 26.1 Å². The fourth-order valence-electron chi connectivity index (χ4n) is 2.62. The first kappa shape index (κ1) is 29.5. The van der Waals surface area contributed by atoms with Crippen LogP contribution >= 0.6 is 0 Å². The molecule has 1 aromatic heterocycles. The molecule has 11 nitrogen and oxygen atoms in total. The second-order valence-corrected chi connectivity index (χ2v) is 10.2. The minimum Gasteiger partial charge on any atom is -0.365 e. The molecule has 2 aromatic carbocycles. The number of primary amides is 1. The number of anilines is 4. The van der Waals surface area contributed by atoms with Gasteiger partial charge in [0.1, 0.15) is 11.6 Å². The summed E-state index contributed by atoms with van der Waals surface area (Å²) in [6.45, 7) is 3.80. The number of nitrogens with one attached hydrogen (secondary N) is 2. The maximum atomic E-state index is 12.0. The molecule has 0 aliphatic carbocycles. The van der Waals surface area contributed by atoms with Gasteiger partial charge in [-0.2, -0.15) is 16.8 Å². The summed E-state index contributed by atoms with van der Waals surface area (Å²) in [5, 5.41) is 6.50. The second-order valence-electron chi connectivity index (χ2n) is 7.25. The molecule has 0 aliphatic heterocycles. The number of amides is 1. The molecule has 3 rings (SSSR count). The van der Waals surface area contributed by atoms with Gasteiger partial charge in [-0.05, 0) is 49.2 Å². The van der Waals surface area contributed by atoms with Gasteiger partial charge in [0.05, 0.1) is 18.1 Å². The molecule has 0 unspecified atom stereocenters. The fourth-order valence-corrected chi connectivity index (χ4v) is 2.62. The lowest BCUT2D eigenvalue weighted by Gasteiger charge is -2.17. The number of para-hydroxylation sites is 2. The molecule has 1 heterocycles. The highest BCUT2D eigenvalue weighted by molar-refractivity contribution is 7.85. The maximum absolute atomic E-state index is 12.0. The van der Waals surface area contributed by atoms with Crippen LogP contribution < -0.4 is 16.4 Å². The van der Waals surface area contributed by atoms with E-state index in [0.29, 0.717) is 29.7 Å². The lowest BCUT2D eigenvalue weighted by atomic mass is 10.0. The van der Waals surface area contributed by atoms with Gasteiger partial charge in [0.25, 0.3) is 26.1 Å². The highest BCUT2D eigenvalue weighted by Gasteiger charge is 2.18. The third-order valence-electron chi connectivity index (χ3n) is 4.07. The number of hydrogen-bond acceptors (Lipinski definition) is 8. The van der Waals surface area contributed by atoms with Crippen LogP contribution in [0.5, 0.6) is 0 Å². The summed E-state index contributed by atoms with van der Waals surface area (Å²) < 4.78 is 51.7. The Kier molecular flexibility index (Phi) is 10.8. The van der Waals surface area contributed by atoms with Gasteiger partial charge in [0, 0.05) is 11.4 Å². The Morgan fingerprint density at radius 3 is 1.43 bits per heavy atom. The molecule has 3 aromatic rings. The first-order valence-corrected chi connectivity index (χ1v) is 13.6. The van der Waals surface area contributed by atoms with Crippen LogP contribution in [0.25, 0.3) is 0 Å². The number of hydrogen-bond donors (Lipinski definition) is 5. The molecular weight excluding hydrogens is 496 g/mol. The quantitative estimate of drug-likeness (QED) is 0.310. The van der Waals surface area contributed by atoms with Gasteiger partial charge in [-0.3, -0.25) is 13.9 Å². The molecule has 13 heteroatoms. The van der Waals surface area contributed by atoms with Gasteiger partial charge in [0.2, 0.25) is 0 Å². The topological polar surface area (TPSA) is 189 Å². The number of benzene rings is 2. The Morgan fingerprint density at radius 1 is 0.743 bits per heavy atom. The molecule has 0 saturated carbocycles. The predicted molar refractivity (Wildman–Crippen MR) is 137 cm³/mol. The van der Waals surface area contributed by atoms with Crippen molar-refractivity contribution in [1.82, 2.24) is 4.98 Å². The van der Waals surface area contributed by atoms with Crippen molar-refractivity contribution in [1.29, 1.82) is 0 Å². The molecule has 0 aliphatic rings. The minimum atomic E-state index is -3.67. The summed E-state index contributed by atoms with van der Waals surface area (Å²) in [5.74, 6) is 0.630. The molecule has 0 bridgehead atoms. The van der Waals surface area contributed by atoms with E-state index in [1.807, 2.05) is 74.5 Å². The van der Waals surface area contributed by atoms with E-state index in [4.69, 9.17) is 14.8 Å². The van der Waals surface area contributed by atoms with Crippen molar-refractivity contribution >= 4 is 49.2 Å². The van der Waals surface area contributed by atoms with Crippen molar-refractivity contribution in [3.05, 3.63) is 77.4 Å². The maximum Gasteiger partial charge on any atom is 0.261 e. The average molecular weight is 525 g/mol. The number of pyridine rings is 1. The van der Waals surface area contributed by atoms with Crippen molar-refractivity contribution in [2.45, 2.75) is 13.8 Å². The van der Waals surface area contributed by atoms with Crippen molar-refractivity contribution in [3.63, 3.8) is 0 Å². The summed E-state index contributed by atoms with van der Waals surface area (Å²) in [5.41, 5.74) is 9.46. The zero-order valence-corrected chi connectivity index (χ0v) is 21.2. The molecule has 190 valence electrons. The van der Waals surface area contributed by atoms with Crippen LogP contribution in [0.4, 0.5) is 23.0 Å². The first-order valence-electron chi connectivity index (χ1n) is 9.86. The number of rotatable bonds is 5. The third kappa shape index (κ3) is 12.5. The average Bonchev–Trinajstić information content (AvgIpc) is 2.71. The van der Waals surface area contributed by atoms with E-state index >= 15 is 0 Å². The summed E-state index contributed by atoms with van der Waals surface area (Å²) in [6.07, 6.45) is 1.43. The Morgan fingerprint density at radius 2 is 1.09 bits per heavy atom. The normalized spacial score (nSPS) is 10.7. The number of nitrogens with two attached hydrogens (primary N) is 1. The molecule has 0 spiro atoms. The summed E-state index contributed by atoms with van der Waals surface area (Å²) in [4.78, 5) is 16.6. The summed E-state index contributed by atoms with van der Waals surface area (Å²) in [6, 6.07) is 19.3. The molecular formula is C22H28N4O7S2. The minimum absolute atomic E-state index is 0.403. The van der Waals surface area contributed by atoms with Gasteiger partial charge in [-0.15, -0.1) is 0 Å². The van der Waals surface area contributed by atoms with Crippen LogP contribution in [0, 0.1) is 13.8 Å². The van der Waals surface area contributed by atoms with Crippen molar-refractivity contribution < 1.29 is 30.7 Å². The smallest absolute Gasteiger partial charge is 0.261 e. The van der Waals surface area contributed by atoms with E-state index in [1.54, 1.807) is 0 Å². The van der Waals surface area contributed by atoms with Crippen molar-refractivity contribution in [2.75, 3.05) is 23.1 Å². The van der Waals surface area contributed by atoms with Crippen LogP contribution in [0.1, 0.15) is 21.5 Å². The van der Waals surface area contributed by atoms with Crippen LogP contribution in [0.15, 0.2) is 60.7 Å². The Hall–Kier alpha value is -3.52. The number of carbonyl (C=O) groups excluding carboxylic acids is 1. The van der Waals surface area contributed by atoms with Crippen molar-refractivity contribution in [2.24, 2.45) is 5.73 Å². The Bertz CT molecular complexity index is 1300. The Labute approximate surface area is 204 Å². The van der Waals surface area contributed by atoms with E-state index in [-0.39, 0.29) is 0 Å². The largest absolute Gasteiger partial charge is 0.365 e. The van der Waals surface area contributed by atoms with E-state index in [2.05, 4.69) is 15.6 Å². The molecule has 6 N–H and O–H groups in total. The van der Waals surface area contributed by atoms with Gasteiger partial charge < -0.3 is 16.4 Å². The summed E-state index contributed by atoms with van der Waals surface area (Å²) in [7, 11) is -7.33. The zero-order chi connectivity index (χ0) is 26.8. The van der Waals surface area contributed by atoms with Crippen LogP contribution in [-0.2, 0) is 20.2 Å². The molecule has 0 radical (unpaired) electrons. The highest BCUT2D eigenvalue weighted by Crippen LogP contribution is 2.29. The van der Waals surface area contributed by atoms with Crippen molar-refractivity contribution in [3.8, 4) is 0 Å². The van der Waals surface area contributed by atoms with E-state index in [9.17, 15) is 21.6 Å². The van der Waals surface area contributed by atoms with Gasteiger partial charge in [-0.25, -0.2) is 4.98 Å². The third-order valence-corrected chi connectivity index (χ3v) is 4.07. The molecule has 0 atom stereocenters. The van der Waals surface area contributed by atoms with Crippen LogP contribution in [0.3, 0.4) is 0 Å². The predicted octanol–water partition coefficient (Wildman–Crippen LogP) is 3.29. The lowest BCUT2D eigenvalue weighted by molar-refractivity contribution is 0.1000. The molecule has 0 fully saturated rings. The standard InChI is InChI=1S/C20H20N4O.2CH4O3S/c1-13-14(2)19(22-15-9-5-3-6-10-15)24-20(17(13)18(21)25)23-16-11-7-4-8-12-16;2*1-5(2,3)4/h3-12H,1-2H3,(H2,21,25)(H2,22,23,24);2*1H3,(H,2,3,4). The highest BCUT2D eigenvalue weighted by atomic mass is 32.2. The van der Waals surface area contributed by atoms with E-state index in [1.165, 1.54) is 0 Å². The monoisotopic (exact) mass is 524 g/mol. The summed E-state index contributed by atoms with van der Waals surface area (Å²) >= 11 is 0.